The van der Waals surface area contributed by atoms with E-state index in [2.05, 4.69) is 15.4 Å². The fourth-order valence-corrected chi connectivity index (χ4v) is 3.66. The molecule has 7 heteroatoms. The smallest absolute Gasteiger partial charge is 0.270 e. The number of rotatable bonds is 4. The number of hydrogen-bond donors (Lipinski definition) is 1. The van der Waals surface area contributed by atoms with Gasteiger partial charge in [0.2, 0.25) is 0 Å². The lowest BCUT2D eigenvalue weighted by molar-refractivity contribution is 0.0944. The topological polar surface area (TPSA) is 64.2 Å². The second kappa shape index (κ2) is 6.18. The Bertz CT molecular complexity index is 1030. The Morgan fingerprint density at radius 1 is 1.24 bits per heavy atom. The van der Waals surface area contributed by atoms with Crippen LogP contribution < -0.4 is 5.32 Å². The minimum absolute atomic E-state index is 0.112. The highest BCUT2D eigenvalue weighted by molar-refractivity contribution is 7.17. The van der Waals surface area contributed by atoms with Crippen LogP contribution in [0.2, 0.25) is 0 Å². The van der Waals surface area contributed by atoms with E-state index < -0.39 is 0 Å². The molecule has 3 heterocycles. The van der Waals surface area contributed by atoms with Crippen LogP contribution in [0, 0.1) is 13.8 Å². The molecule has 4 rings (SSSR count). The molecule has 25 heavy (non-hydrogen) atoms. The van der Waals surface area contributed by atoms with E-state index in [9.17, 15) is 4.79 Å². The number of amides is 1. The monoisotopic (exact) mass is 351 g/mol. The number of thiazole rings is 1. The van der Waals surface area contributed by atoms with Gasteiger partial charge in [0.05, 0.1) is 11.4 Å². The standard InChI is InChI=1S/C18H17N5OS/c1-12-11-22-16(13(2)21-18(22)25-12)17(24)19-10-14-4-6-15(7-5-14)23-9-3-8-20-23/h3-9,11H,10H2,1-2H3,(H,19,24). The summed E-state index contributed by atoms with van der Waals surface area (Å²) in [5.74, 6) is -0.112. The largest absolute Gasteiger partial charge is 0.347 e. The summed E-state index contributed by atoms with van der Waals surface area (Å²) in [7, 11) is 0. The van der Waals surface area contributed by atoms with Crippen molar-refractivity contribution < 1.29 is 4.79 Å². The van der Waals surface area contributed by atoms with Crippen molar-refractivity contribution in [1.82, 2.24) is 24.5 Å². The predicted molar refractivity (Wildman–Crippen MR) is 97.3 cm³/mol. The first kappa shape index (κ1) is 15.6. The van der Waals surface area contributed by atoms with E-state index in [0.29, 0.717) is 12.2 Å². The van der Waals surface area contributed by atoms with Crippen LogP contribution in [-0.2, 0) is 6.54 Å². The van der Waals surface area contributed by atoms with E-state index in [-0.39, 0.29) is 5.91 Å². The first-order valence-electron chi connectivity index (χ1n) is 7.94. The van der Waals surface area contributed by atoms with Crippen molar-refractivity contribution in [3.63, 3.8) is 0 Å². The van der Waals surface area contributed by atoms with Gasteiger partial charge in [-0.25, -0.2) is 9.67 Å². The lowest BCUT2D eigenvalue weighted by Crippen LogP contribution is -2.24. The zero-order chi connectivity index (χ0) is 17.4. The van der Waals surface area contributed by atoms with Gasteiger partial charge < -0.3 is 5.32 Å². The highest BCUT2D eigenvalue weighted by Gasteiger charge is 2.17. The van der Waals surface area contributed by atoms with Crippen LogP contribution >= 0.6 is 11.3 Å². The SMILES string of the molecule is Cc1cn2c(C(=O)NCc3ccc(-n4cccn4)cc3)c(C)nc2s1. The van der Waals surface area contributed by atoms with Gasteiger partial charge in [-0.15, -0.1) is 11.3 Å². The minimum Gasteiger partial charge on any atom is -0.347 e. The van der Waals surface area contributed by atoms with Crippen LogP contribution in [-0.4, -0.2) is 25.1 Å². The molecule has 126 valence electrons. The quantitative estimate of drug-likeness (QED) is 0.614. The van der Waals surface area contributed by atoms with Crippen LogP contribution in [0.4, 0.5) is 0 Å². The molecule has 1 aromatic carbocycles. The van der Waals surface area contributed by atoms with Crippen LogP contribution in [0.25, 0.3) is 10.6 Å². The van der Waals surface area contributed by atoms with Crippen LogP contribution in [0.1, 0.15) is 26.6 Å². The molecule has 0 radical (unpaired) electrons. The maximum atomic E-state index is 12.6. The molecule has 4 aromatic rings. The van der Waals surface area contributed by atoms with Crippen molar-refractivity contribution in [2.75, 3.05) is 0 Å². The molecule has 1 N–H and O–H groups in total. The number of carbonyl (C=O) groups excluding carboxylic acids is 1. The second-order valence-corrected chi connectivity index (χ2v) is 7.05. The van der Waals surface area contributed by atoms with Crippen molar-refractivity contribution in [3.8, 4) is 5.69 Å². The van der Waals surface area contributed by atoms with Gasteiger partial charge in [0.15, 0.2) is 4.96 Å². The third-order valence-electron chi connectivity index (χ3n) is 3.99. The van der Waals surface area contributed by atoms with E-state index in [0.717, 1.165) is 26.8 Å². The van der Waals surface area contributed by atoms with E-state index in [1.165, 1.54) is 0 Å². The molecule has 0 aliphatic heterocycles. The minimum atomic E-state index is -0.112. The summed E-state index contributed by atoms with van der Waals surface area (Å²) in [6.07, 6.45) is 5.59. The first-order valence-corrected chi connectivity index (χ1v) is 8.76. The van der Waals surface area contributed by atoms with Gasteiger partial charge in [0.1, 0.15) is 5.69 Å². The Kier molecular flexibility index (Phi) is 3.85. The van der Waals surface area contributed by atoms with Crippen LogP contribution in [0.3, 0.4) is 0 Å². The summed E-state index contributed by atoms with van der Waals surface area (Å²) in [4.78, 5) is 19.0. The summed E-state index contributed by atoms with van der Waals surface area (Å²) in [6.45, 7) is 4.34. The second-order valence-electron chi connectivity index (χ2n) is 5.84. The maximum Gasteiger partial charge on any atom is 0.270 e. The molecular weight excluding hydrogens is 334 g/mol. The number of aryl methyl sites for hydroxylation is 2. The van der Waals surface area contributed by atoms with Gasteiger partial charge in [-0.3, -0.25) is 9.20 Å². The fourth-order valence-electron chi connectivity index (χ4n) is 2.79. The molecular formula is C18H17N5OS. The summed E-state index contributed by atoms with van der Waals surface area (Å²) in [6, 6.07) is 9.84. The fraction of sp³-hybridized carbons (Fsp3) is 0.167. The van der Waals surface area contributed by atoms with Crippen molar-refractivity contribution in [3.05, 3.63) is 70.8 Å². The van der Waals surface area contributed by atoms with Gasteiger partial charge in [0.25, 0.3) is 5.91 Å². The van der Waals surface area contributed by atoms with Crippen molar-refractivity contribution in [2.24, 2.45) is 0 Å². The number of carbonyl (C=O) groups is 1. The molecule has 1 amide bonds. The molecule has 0 unspecified atom stereocenters. The lowest BCUT2D eigenvalue weighted by Gasteiger charge is -2.07. The Morgan fingerprint density at radius 3 is 2.76 bits per heavy atom. The molecule has 3 aromatic heterocycles. The van der Waals surface area contributed by atoms with Gasteiger partial charge in [-0.2, -0.15) is 5.10 Å². The van der Waals surface area contributed by atoms with Crippen molar-refractivity contribution in [2.45, 2.75) is 20.4 Å². The Balaban J connectivity index is 1.49. The van der Waals surface area contributed by atoms with E-state index in [4.69, 9.17) is 0 Å². The highest BCUT2D eigenvalue weighted by Crippen LogP contribution is 2.20. The lowest BCUT2D eigenvalue weighted by atomic mass is 10.2. The number of imidazole rings is 1. The molecule has 0 bridgehead atoms. The zero-order valence-electron chi connectivity index (χ0n) is 13.9. The maximum absolute atomic E-state index is 12.6. The Labute approximate surface area is 148 Å². The first-order chi connectivity index (χ1) is 12.1. The van der Waals surface area contributed by atoms with Crippen LogP contribution in [0.5, 0.6) is 0 Å². The number of benzene rings is 1. The Morgan fingerprint density at radius 2 is 2.04 bits per heavy atom. The van der Waals surface area contributed by atoms with E-state index >= 15 is 0 Å². The van der Waals surface area contributed by atoms with Crippen molar-refractivity contribution in [1.29, 1.82) is 0 Å². The average Bonchev–Trinajstić information content (AvgIpc) is 3.29. The predicted octanol–water partition coefficient (Wildman–Crippen LogP) is 3.13. The van der Waals surface area contributed by atoms with Gasteiger partial charge in [-0.1, -0.05) is 12.1 Å². The third-order valence-corrected chi connectivity index (χ3v) is 4.89. The number of hydrogen-bond acceptors (Lipinski definition) is 4. The van der Waals surface area contributed by atoms with Gasteiger partial charge in [0, 0.05) is 30.0 Å². The van der Waals surface area contributed by atoms with Gasteiger partial charge in [-0.05, 0) is 37.6 Å². The summed E-state index contributed by atoms with van der Waals surface area (Å²) < 4.78 is 3.67. The zero-order valence-corrected chi connectivity index (χ0v) is 14.7. The molecule has 0 aliphatic rings. The van der Waals surface area contributed by atoms with E-state index in [1.54, 1.807) is 22.2 Å². The van der Waals surface area contributed by atoms with Crippen molar-refractivity contribution >= 4 is 22.2 Å². The Hall–Kier alpha value is -2.93. The molecule has 0 saturated carbocycles. The number of aromatic nitrogens is 4. The molecule has 0 fully saturated rings. The van der Waals surface area contributed by atoms with Crippen LogP contribution in [0.15, 0.2) is 48.9 Å². The third kappa shape index (κ3) is 2.94. The summed E-state index contributed by atoms with van der Waals surface area (Å²) in [5.41, 5.74) is 3.37. The number of fused-ring (bicyclic) bond motifs is 1. The van der Waals surface area contributed by atoms with E-state index in [1.807, 2.05) is 61.0 Å². The molecule has 0 aliphatic carbocycles. The molecule has 0 spiro atoms. The summed E-state index contributed by atoms with van der Waals surface area (Å²) >= 11 is 1.58. The normalized spacial score (nSPS) is 11.1. The van der Waals surface area contributed by atoms with Gasteiger partial charge >= 0.3 is 0 Å². The number of nitrogens with zero attached hydrogens (tertiary/aromatic N) is 4. The average molecular weight is 351 g/mol. The summed E-state index contributed by atoms with van der Waals surface area (Å²) in [5, 5.41) is 7.18. The highest BCUT2D eigenvalue weighted by atomic mass is 32.1. The number of nitrogens with one attached hydrogen (secondary N) is 1. The molecule has 0 saturated heterocycles. The molecule has 6 nitrogen and oxygen atoms in total. The molecule has 0 atom stereocenters.